The molecule has 0 saturated carbocycles. The summed E-state index contributed by atoms with van der Waals surface area (Å²) in [4.78, 5) is 23.4. The van der Waals surface area contributed by atoms with Crippen LogP contribution in [0.5, 0.6) is 0 Å². The van der Waals surface area contributed by atoms with Gasteiger partial charge in [-0.15, -0.1) is 0 Å². The maximum atomic E-state index is 14.6. The SMILES string of the molecule is Bc1cnn2c(N(Cc3ccncc3)C(=O)OC(C)(C)C)cc(-c3ccccc3F)nc12. The number of fused-ring (bicyclic) bond motifs is 1. The van der Waals surface area contributed by atoms with Gasteiger partial charge >= 0.3 is 6.09 Å². The highest BCUT2D eigenvalue weighted by Gasteiger charge is 2.27. The second kappa shape index (κ2) is 8.41. The second-order valence-electron chi connectivity index (χ2n) is 8.46. The highest BCUT2D eigenvalue weighted by molar-refractivity contribution is 6.36. The highest BCUT2D eigenvalue weighted by atomic mass is 19.1. The Bertz CT molecular complexity index is 1270. The second-order valence-corrected chi connectivity index (χ2v) is 8.46. The molecule has 0 unspecified atom stereocenters. The zero-order valence-corrected chi connectivity index (χ0v) is 18.4. The molecule has 9 heteroatoms. The van der Waals surface area contributed by atoms with Gasteiger partial charge in [-0.25, -0.2) is 14.2 Å². The first-order valence-electron chi connectivity index (χ1n) is 10.2. The average molecular weight is 431 g/mol. The molecule has 0 radical (unpaired) electrons. The van der Waals surface area contributed by atoms with E-state index >= 15 is 0 Å². The van der Waals surface area contributed by atoms with Crippen LogP contribution in [0.25, 0.3) is 16.9 Å². The standard InChI is InChI=1S/C23H23BFN5O2/c1-23(2,3)32-22(31)29(14-15-8-10-26-11-9-15)20-12-19(16-6-4-5-7-18(16)25)28-21-17(24)13-27-30(20)21/h4-13H,14,24H2,1-3H3. The summed E-state index contributed by atoms with van der Waals surface area (Å²) < 4.78 is 21.8. The molecule has 7 nitrogen and oxygen atoms in total. The van der Waals surface area contributed by atoms with E-state index in [2.05, 4.69) is 15.1 Å². The molecule has 3 aromatic heterocycles. The van der Waals surface area contributed by atoms with Crippen LogP contribution in [0.1, 0.15) is 26.3 Å². The molecule has 0 fully saturated rings. The van der Waals surface area contributed by atoms with Crippen LogP contribution in [0.4, 0.5) is 15.0 Å². The predicted octanol–water partition coefficient (Wildman–Crippen LogP) is 3.13. The van der Waals surface area contributed by atoms with Crippen LogP contribution >= 0.6 is 0 Å². The van der Waals surface area contributed by atoms with E-state index in [-0.39, 0.29) is 6.54 Å². The van der Waals surface area contributed by atoms with Crippen molar-refractivity contribution < 1.29 is 13.9 Å². The van der Waals surface area contributed by atoms with E-state index in [1.807, 2.05) is 20.0 Å². The summed E-state index contributed by atoms with van der Waals surface area (Å²) in [5, 5.41) is 4.42. The van der Waals surface area contributed by atoms with Gasteiger partial charge < -0.3 is 4.74 Å². The van der Waals surface area contributed by atoms with Crippen molar-refractivity contribution in [3.63, 3.8) is 0 Å². The smallest absolute Gasteiger partial charge is 0.416 e. The fourth-order valence-corrected chi connectivity index (χ4v) is 3.28. The fourth-order valence-electron chi connectivity index (χ4n) is 3.28. The number of hydrogen-bond donors (Lipinski definition) is 0. The summed E-state index contributed by atoms with van der Waals surface area (Å²) in [5.74, 6) is 0.0258. The summed E-state index contributed by atoms with van der Waals surface area (Å²) in [6.07, 6.45) is 4.44. The lowest BCUT2D eigenvalue weighted by molar-refractivity contribution is 0.0575. The van der Waals surface area contributed by atoms with Crippen molar-refractivity contribution in [2.75, 3.05) is 4.90 Å². The summed E-state index contributed by atoms with van der Waals surface area (Å²) in [7, 11) is 1.87. The minimum absolute atomic E-state index is 0.214. The molecule has 1 amide bonds. The first-order valence-corrected chi connectivity index (χ1v) is 10.2. The van der Waals surface area contributed by atoms with Gasteiger partial charge in [0, 0.05) is 30.2 Å². The van der Waals surface area contributed by atoms with E-state index in [0.29, 0.717) is 22.7 Å². The molecule has 0 saturated heterocycles. The van der Waals surface area contributed by atoms with Crippen molar-refractivity contribution in [3.05, 3.63) is 72.4 Å². The Morgan fingerprint density at radius 1 is 1.19 bits per heavy atom. The molecule has 0 spiro atoms. The minimum atomic E-state index is -0.700. The van der Waals surface area contributed by atoms with Gasteiger partial charge in [-0.3, -0.25) is 9.88 Å². The third kappa shape index (κ3) is 4.46. The van der Waals surface area contributed by atoms with Crippen molar-refractivity contribution in [2.45, 2.75) is 32.9 Å². The van der Waals surface area contributed by atoms with Crippen LogP contribution in [0.2, 0.25) is 0 Å². The third-order valence-electron chi connectivity index (χ3n) is 4.76. The van der Waals surface area contributed by atoms with Crippen LogP contribution in [0.15, 0.2) is 61.1 Å². The Morgan fingerprint density at radius 2 is 1.91 bits per heavy atom. The number of benzene rings is 1. The lowest BCUT2D eigenvalue weighted by Crippen LogP contribution is -2.37. The lowest BCUT2D eigenvalue weighted by Gasteiger charge is -2.28. The number of aromatic nitrogens is 4. The maximum absolute atomic E-state index is 14.6. The van der Waals surface area contributed by atoms with Gasteiger partial charge in [-0.2, -0.15) is 9.61 Å². The van der Waals surface area contributed by atoms with Crippen molar-refractivity contribution in [2.24, 2.45) is 0 Å². The van der Waals surface area contributed by atoms with Gasteiger partial charge in [0.2, 0.25) is 0 Å². The number of carbonyl (C=O) groups excluding carboxylic acids is 1. The molecule has 1 aromatic carbocycles. The summed E-state index contributed by atoms with van der Waals surface area (Å²) in [6, 6.07) is 11.7. The van der Waals surface area contributed by atoms with Gasteiger partial charge in [-0.1, -0.05) is 12.1 Å². The topological polar surface area (TPSA) is 72.6 Å². The largest absolute Gasteiger partial charge is 0.443 e. The molecular weight excluding hydrogens is 408 g/mol. The van der Waals surface area contributed by atoms with Crippen LogP contribution in [-0.4, -0.2) is 39.1 Å². The number of anilines is 1. The highest BCUT2D eigenvalue weighted by Crippen LogP contribution is 2.28. The van der Waals surface area contributed by atoms with Crippen LogP contribution < -0.4 is 10.4 Å². The van der Waals surface area contributed by atoms with Gasteiger partial charge in [0.15, 0.2) is 5.65 Å². The normalized spacial score (nSPS) is 11.5. The molecule has 162 valence electrons. The maximum Gasteiger partial charge on any atom is 0.416 e. The number of nitrogens with zero attached hydrogens (tertiary/aromatic N) is 5. The zero-order chi connectivity index (χ0) is 22.9. The van der Waals surface area contributed by atoms with Gasteiger partial charge in [0.05, 0.1) is 12.2 Å². The molecule has 0 bridgehead atoms. The number of ether oxygens (including phenoxy) is 1. The fraction of sp³-hybridized carbons (Fsp3) is 0.217. The Balaban J connectivity index is 1.91. The molecule has 0 aliphatic carbocycles. The van der Waals surface area contributed by atoms with Crippen LogP contribution in [-0.2, 0) is 11.3 Å². The van der Waals surface area contributed by atoms with Crippen LogP contribution in [0.3, 0.4) is 0 Å². The molecule has 0 aliphatic heterocycles. The summed E-state index contributed by atoms with van der Waals surface area (Å²) in [5.41, 5.74) is 2.23. The average Bonchev–Trinajstić information content (AvgIpc) is 3.12. The molecule has 0 N–H and O–H groups in total. The number of rotatable bonds is 4. The molecule has 0 atom stereocenters. The van der Waals surface area contributed by atoms with E-state index in [4.69, 9.17) is 4.74 Å². The Hall–Kier alpha value is -3.75. The summed E-state index contributed by atoms with van der Waals surface area (Å²) >= 11 is 0. The van der Waals surface area contributed by atoms with Crippen molar-refractivity contribution in [1.29, 1.82) is 0 Å². The predicted molar refractivity (Wildman–Crippen MR) is 123 cm³/mol. The monoisotopic (exact) mass is 431 g/mol. The van der Waals surface area contributed by atoms with Gasteiger partial charge in [0.25, 0.3) is 0 Å². The Morgan fingerprint density at radius 3 is 2.59 bits per heavy atom. The number of pyridine rings is 1. The van der Waals surface area contributed by atoms with Crippen LogP contribution in [0, 0.1) is 5.82 Å². The molecule has 3 heterocycles. The number of amides is 1. The Labute approximate surface area is 186 Å². The van der Waals surface area contributed by atoms with E-state index in [9.17, 15) is 9.18 Å². The van der Waals surface area contributed by atoms with E-state index in [1.54, 1.807) is 68.1 Å². The van der Waals surface area contributed by atoms with E-state index < -0.39 is 17.5 Å². The van der Waals surface area contributed by atoms with Gasteiger partial charge in [-0.05, 0) is 56.1 Å². The zero-order valence-electron chi connectivity index (χ0n) is 18.4. The first kappa shape index (κ1) is 21.5. The number of hydrogen-bond acceptors (Lipinski definition) is 5. The Kier molecular flexibility index (Phi) is 5.65. The quantitative estimate of drug-likeness (QED) is 0.465. The van der Waals surface area contributed by atoms with E-state index in [0.717, 1.165) is 11.0 Å². The summed E-state index contributed by atoms with van der Waals surface area (Å²) in [6.45, 7) is 5.63. The molecule has 4 rings (SSSR count). The van der Waals surface area contributed by atoms with Crippen molar-refractivity contribution >= 4 is 30.9 Å². The molecule has 32 heavy (non-hydrogen) atoms. The first-order chi connectivity index (χ1) is 15.2. The molecule has 4 aromatic rings. The van der Waals surface area contributed by atoms with Gasteiger partial charge in [0.1, 0.15) is 25.1 Å². The van der Waals surface area contributed by atoms with E-state index in [1.165, 1.54) is 11.0 Å². The van der Waals surface area contributed by atoms with Crippen molar-refractivity contribution in [1.82, 2.24) is 19.6 Å². The minimum Gasteiger partial charge on any atom is -0.443 e. The molecular formula is C23H23BFN5O2. The lowest BCUT2D eigenvalue weighted by atomic mass is 10.0. The third-order valence-corrected chi connectivity index (χ3v) is 4.76. The number of halogens is 1. The number of carbonyl (C=O) groups is 1. The van der Waals surface area contributed by atoms with Crippen molar-refractivity contribution in [3.8, 4) is 11.3 Å². The molecule has 0 aliphatic rings.